The molecule has 3 aromatic rings. The van der Waals surface area contributed by atoms with Gasteiger partial charge in [-0.15, -0.1) is 10.2 Å². The fourth-order valence-corrected chi connectivity index (χ4v) is 3.71. The Morgan fingerprint density at radius 3 is 2.04 bits per heavy atom. The largest absolute Gasteiger partial charge is 0.416 e. The molecule has 0 radical (unpaired) electrons. The second-order valence-electron chi connectivity index (χ2n) is 4.61. The third-order valence-corrected chi connectivity index (χ3v) is 6.37. The van der Waals surface area contributed by atoms with Crippen molar-refractivity contribution in [2.45, 2.75) is 8.56 Å². The van der Waals surface area contributed by atoms with Crippen LogP contribution in [0.2, 0.25) is 0 Å². The Morgan fingerprint density at radius 2 is 1.43 bits per heavy atom. The molecule has 0 aliphatic carbocycles. The van der Waals surface area contributed by atoms with E-state index in [-0.39, 0.29) is 10.8 Å². The molecule has 5 nitrogen and oxygen atoms in total. The molecule has 0 spiro atoms. The van der Waals surface area contributed by atoms with Crippen molar-refractivity contribution in [3.63, 3.8) is 0 Å². The van der Waals surface area contributed by atoms with Crippen molar-refractivity contribution >= 4 is 33.0 Å². The van der Waals surface area contributed by atoms with E-state index in [0.29, 0.717) is 5.56 Å². The molecular formula is C15H10Cl2N2O3S. The molecule has 0 aliphatic heterocycles. The Kier molecular flexibility index (Phi) is 4.14. The first-order valence-electron chi connectivity index (χ1n) is 6.50. The van der Waals surface area contributed by atoms with Gasteiger partial charge in [0, 0.05) is 5.56 Å². The molecule has 0 atom stereocenters. The monoisotopic (exact) mass is 368 g/mol. The number of nitrogens with zero attached hydrogens (tertiary/aromatic N) is 2. The van der Waals surface area contributed by atoms with Gasteiger partial charge in [-0.3, -0.25) is 0 Å². The van der Waals surface area contributed by atoms with Gasteiger partial charge in [0.1, 0.15) is 0 Å². The highest BCUT2D eigenvalue weighted by molar-refractivity contribution is 7.95. The van der Waals surface area contributed by atoms with Crippen molar-refractivity contribution < 1.29 is 12.8 Å². The van der Waals surface area contributed by atoms with Crippen LogP contribution >= 0.6 is 23.2 Å². The van der Waals surface area contributed by atoms with Gasteiger partial charge in [-0.05, 0) is 24.3 Å². The molecule has 8 heteroatoms. The quantitative estimate of drug-likeness (QED) is 0.654. The molecule has 2 aromatic carbocycles. The number of hydrogen-bond acceptors (Lipinski definition) is 5. The maximum atomic E-state index is 12.6. The molecule has 118 valence electrons. The average Bonchev–Trinajstić information content (AvgIpc) is 3.07. The Morgan fingerprint density at radius 1 is 0.870 bits per heavy atom. The van der Waals surface area contributed by atoms with Crippen molar-refractivity contribution in [2.75, 3.05) is 0 Å². The maximum Gasteiger partial charge on any atom is 0.299 e. The van der Waals surface area contributed by atoms with E-state index in [1.165, 1.54) is 12.1 Å². The van der Waals surface area contributed by atoms with E-state index in [1.54, 1.807) is 42.5 Å². The van der Waals surface area contributed by atoms with Gasteiger partial charge < -0.3 is 4.42 Å². The molecule has 0 bridgehead atoms. The lowest BCUT2D eigenvalue weighted by Crippen LogP contribution is -2.24. The summed E-state index contributed by atoms with van der Waals surface area (Å²) in [6.45, 7) is 0. The molecule has 0 unspecified atom stereocenters. The molecule has 23 heavy (non-hydrogen) atoms. The van der Waals surface area contributed by atoms with Gasteiger partial charge in [-0.25, -0.2) is 8.42 Å². The fourth-order valence-electron chi connectivity index (χ4n) is 1.90. The van der Waals surface area contributed by atoms with Gasteiger partial charge in [0.25, 0.3) is 9.56 Å². The summed E-state index contributed by atoms with van der Waals surface area (Å²) in [6.07, 6.45) is 0. The number of aromatic nitrogens is 2. The molecule has 0 amide bonds. The van der Waals surface area contributed by atoms with Crippen molar-refractivity contribution in [3.05, 3.63) is 66.6 Å². The third-order valence-electron chi connectivity index (χ3n) is 3.09. The summed E-state index contributed by atoms with van der Waals surface area (Å²) in [5.74, 6) is -0.266. The Bertz CT molecular complexity index is 910. The molecular weight excluding hydrogens is 359 g/mol. The fraction of sp³-hybridized carbons (Fsp3) is 0.0667. The first-order valence-corrected chi connectivity index (χ1v) is 8.74. The van der Waals surface area contributed by atoms with Gasteiger partial charge >= 0.3 is 0 Å². The van der Waals surface area contributed by atoms with Crippen LogP contribution in [0.4, 0.5) is 0 Å². The Labute approximate surface area is 142 Å². The maximum absolute atomic E-state index is 12.6. The van der Waals surface area contributed by atoms with E-state index in [9.17, 15) is 8.42 Å². The predicted octanol–water partition coefficient (Wildman–Crippen LogP) is 3.80. The number of halogens is 2. The summed E-state index contributed by atoms with van der Waals surface area (Å²) in [6, 6.07) is 16.5. The van der Waals surface area contributed by atoms with Crippen LogP contribution in [-0.4, -0.2) is 18.6 Å². The van der Waals surface area contributed by atoms with E-state index < -0.39 is 19.4 Å². The lowest BCUT2D eigenvalue weighted by atomic mass is 10.2. The van der Waals surface area contributed by atoms with Gasteiger partial charge in [0.05, 0.1) is 4.90 Å². The molecule has 0 aliphatic rings. The summed E-state index contributed by atoms with van der Waals surface area (Å²) in [7, 11) is -4.13. The number of alkyl halides is 2. The van der Waals surface area contributed by atoms with Crippen LogP contribution < -0.4 is 0 Å². The van der Waals surface area contributed by atoms with Crippen molar-refractivity contribution in [1.29, 1.82) is 0 Å². The second-order valence-corrected chi connectivity index (χ2v) is 8.48. The molecule has 1 aromatic heterocycles. The van der Waals surface area contributed by atoms with E-state index in [1.807, 2.05) is 6.07 Å². The molecule has 1 heterocycles. The predicted molar refractivity (Wildman–Crippen MR) is 86.7 cm³/mol. The van der Waals surface area contributed by atoms with Crippen molar-refractivity contribution in [2.24, 2.45) is 0 Å². The van der Waals surface area contributed by atoms with Gasteiger partial charge in [-0.2, -0.15) is 0 Å². The van der Waals surface area contributed by atoms with Crippen LogP contribution in [0.1, 0.15) is 5.89 Å². The smallest absolute Gasteiger partial charge is 0.299 e. The van der Waals surface area contributed by atoms with E-state index in [2.05, 4.69) is 10.2 Å². The highest BCUT2D eigenvalue weighted by atomic mass is 35.5. The molecule has 0 fully saturated rings. The van der Waals surface area contributed by atoms with Gasteiger partial charge in [0.2, 0.25) is 15.7 Å². The standard InChI is InChI=1S/C15H10Cl2N2O3S/c16-15(17,23(20,21)12-9-5-2-6-10-12)14-19-18-13(22-14)11-7-3-1-4-8-11/h1-10H. The zero-order chi connectivity index (χ0) is 16.5. The van der Waals surface area contributed by atoms with E-state index in [0.717, 1.165) is 0 Å². The second kappa shape index (κ2) is 5.96. The molecule has 3 rings (SSSR count). The zero-order valence-electron chi connectivity index (χ0n) is 11.6. The van der Waals surface area contributed by atoms with Crippen LogP contribution in [0.3, 0.4) is 0 Å². The summed E-state index contributed by atoms with van der Waals surface area (Å²) in [5, 5.41) is 7.51. The summed E-state index contributed by atoms with van der Waals surface area (Å²) in [4.78, 5) is -0.0375. The number of rotatable bonds is 4. The summed E-state index contributed by atoms with van der Waals surface area (Å²) < 4.78 is 28.2. The highest BCUT2D eigenvalue weighted by Crippen LogP contribution is 2.43. The van der Waals surface area contributed by atoms with E-state index in [4.69, 9.17) is 27.6 Å². The van der Waals surface area contributed by atoms with Crippen LogP contribution in [-0.2, 0) is 13.5 Å². The Balaban J connectivity index is 2.02. The first-order chi connectivity index (χ1) is 10.9. The Hall–Kier alpha value is -1.89. The summed E-state index contributed by atoms with van der Waals surface area (Å²) >= 11 is 12.1. The van der Waals surface area contributed by atoms with Crippen LogP contribution in [0.15, 0.2) is 70.0 Å². The minimum absolute atomic E-state index is 0.0375. The number of sulfone groups is 1. The van der Waals surface area contributed by atoms with E-state index >= 15 is 0 Å². The highest BCUT2D eigenvalue weighted by Gasteiger charge is 2.48. The molecule has 0 saturated carbocycles. The van der Waals surface area contributed by atoms with Gasteiger partial charge in [0.15, 0.2) is 0 Å². The molecule has 0 saturated heterocycles. The first kappa shape index (κ1) is 16.0. The average molecular weight is 369 g/mol. The van der Waals surface area contributed by atoms with Gasteiger partial charge in [-0.1, -0.05) is 59.6 Å². The van der Waals surface area contributed by atoms with Crippen molar-refractivity contribution in [1.82, 2.24) is 10.2 Å². The summed E-state index contributed by atoms with van der Waals surface area (Å²) in [5.41, 5.74) is 0.632. The topological polar surface area (TPSA) is 73.1 Å². The minimum atomic E-state index is -4.13. The van der Waals surface area contributed by atoms with Crippen LogP contribution in [0, 0.1) is 0 Å². The zero-order valence-corrected chi connectivity index (χ0v) is 13.9. The lowest BCUT2D eigenvalue weighted by molar-refractivity contribution is 0.503. The third kappa shape index (κ3) is 2.85. The minimum Gasteiger partial charge on any atom is -0.416 e. The lowest BCUT2D eigenvalue weighted by Gasteiger charge is -2.15. The van der Waals surface area contributed by atoms with Crippen LogP contribution in [0.5, 0.6) is 0 Å². The normalized spacial score (nSPS) is 12.3. The number of benzene rings is 2. The SMILES string of the molecule is O=S(=O)(c1ccccc1)C(Cl)(Cl)c1nnc(-c2ccccc2)o1. The molecule has 0 N–H and O–H groups in total. The van der Waals surface area contributed by atoms with Crippen molar-refractivity contribution in [3.8, 4) is 11.5 Å². The number of hydrogen-bond donors (Lipinski definition) is 0. The van der Waals surface area contributed by atoms with Crippen LogP contribution in [0.25, 0.3) is 11.5 Å².